The van der Waals surface area contributed by atoms with Crippen LogP contribution in [-0.4, -0.2) is 30.7 Å². The van der Waals surface area contributed by atoms with Crippen LogP contribution in [0.15, 0.2) is 65.8 Å². The van der Waals surface area contributed by atoms with Crippen molar-refractivity contribution < 1.29 is 13.2 Å². The van der Waals surface area contributed by atoms with Crippen molar-refractivity contribution in [3.8, 4) is 0 Å². The van der Waals surface area contributed by atoms with Gasteiger partial charge in [0.25, 0.3) is 0 Å². The van der Waals surface area contributed by atoms with Crippen LogP contribution in [0.3, 0.4) is 0 Å². The molecule has 0 fully saturated rings. The maximum atomic E-state index is 12.4. The maximum Gasteiger partial charge on any atom is 0.243 e. The Kier molecular flexibility index (Phi) is 6.68. The topological polar surface area (TPSA) is 93.1 Å². The van der Waals surface area contributed by atoms with Crippen LogP contribution in [0.1, 0.15) is 17.5 Å². The highest BCUT2D eigenvalue weighted by Crippen LogP contribution is 2.22. The molecule has 9 heteroatoms. The summed E-state index contributed by atoms with van der Waals surface area (Å²) in [5, 5.41) is 7.20. The zero-order valence-corrected chi connectivity index (χ0v) is 17.4. The minimum Gasteiger partial charge on any atom is -0.325 e. The number of nitrogens with zero attached hydrogens (tertiary/aromatic N) is 2. The molecule has 0 saturated heterocycles. The Morgan fingerprint density at radius 1 is 1.17 bits per heavy atom. The number of carbonyl (C=O) groups is 1. The SMILES string of the molecule is Cc1ccc(NC(=O)CCNS(=O)(=O)c2cnn(Cc3ccccc3)c2)c(Cl)c1. The van der Waals surface area contributed by atoms with Gasteiger partial charge in [0.1, 0.15) is 4.90 Å². The molecule has 2 aromatic carbocycles. The molecule has 3 rings (SSSR count). The zero-order chi connectivity index (χ0) is 20.9. The monoisotopic (exact) mass is 432 g/mol. The molecule has 1 heterocycles. The largest absolute Gasteiger partial charge is 0.325 e. The Balaban J connectivity index is 1.52. The van der Waals surface area contributed by atoms with Crippen molar-refractivity contribution in [2.75, 3.05) is 11.9 Å². The molecule has 0 spiro atoms. The Hall–Kier alpha value is -2.68. The molecule has 0 radical (unpaired) electrons. The standard InChI is InChI=1S/C20H21ClN4O3S/c1-15-7-8-19(18(21)11-15)24-20(26)9-10-23-29(27,28)17-12-22-25(14-17)13-16-5-3-2-4-6-16/h2-8,11-12,14,23H,9-10,13H2,1H3,(H,24,26). The van der Waals surface area contributed by atoms with Crippen LogP contribution in [0.4, 0.5) is 5.69 Å². The van der Waals surface area contributed by atoms with E-state index in [0.717, 1.165) is 11.1 Å². The number of aryl methyl sites for hydroxylation is 1. The van der Waals surface area contributed by atoms with Gasteiger partial charge >= 0.3 is 0 Å². The molecule has 29 heavy (non-hydrogen) atoms. The summed E-state index contributed by atoms with van der Waals surface area (Å²) >= 11 is 6.09. The lowest BCUT2D eigenvalue weighted by Gasteiger charge is -2.08. The van der Waals surface area contributed by atoms with Crippen molar-refractivity contribution in [1.29, 1.82) is 0 Å². The lowest BCUT2D eigenvalue weighted by atomic mass is 10.2. The number of rotatable bonds is 8. The Morgan fingerprint density at radius 3 is 2.66 bits per heavy atom. The smallest absolute Gasteiger partial charge is 0.243 e. The zero-order valence-electron chi connectivity index (χ0n) is 15.8. The van der Waals surface area contributed by atoms with E-state index in [1.54, 1.807) is 16.8 Å². The normalized spacial score (nSPS) is 11.4. The van der Waals surface area contributed by atoms with Crippen LogP contribution in [0, 0.1) is 6.92 Å². The highest BCUT2D eigenvalue weighted by atomic mass is 35.5. The number of anilines is 1. The molecule has 0 aliphatic carbocycles. The Bertz CT molecular complexity index is 1100. The van der Waals surface area contributed by atoms with Gasteiger partial charge in [-0.1, -0.05) is 48.0 Å². The second-order valence-electron chi connectivity index (χ2n) is 6.54. The summed E-state index contributed by atoms with van der Waals surface area (Å²) in [7, 11) is -3.75. The van der Waals surface area contributed by atoms with Crippen molar-refractivity contribution in [2.24, 2.45) is 0 Å². The summed E-state index contributed by atoms with van der Waals surface area (Å²) in [6.45, 7) is 2.33. The number of hydrogen-bond acceptors (Lipinski definition) is 4. The number of aromatic nitrogens is 2. The fourth-order valence-corrected chi connectivity index (χ4v) is 3.92. The summed E-state index contributed by atoms with van der Waals surface area (Å²) in [6.07, 6.45) is 2.72. The molecule has 0 bridgehead atoms. The molecule has 0 saturated carbocycles. The van der Waals surface area contributed by atoms with Gasteiger partial charge in [-0.25, -0.2) is 13.1 Å². The third-order valence-corrected chi connectivity index (χ3v) is 5.88. The average molecular weight is 433 g/mol. The molecule has 152 valence electrons. The Morgan fingerprint density at radius 2 is 1.93 bits per heavy atom. The summed E-state index contributed by atoms with van der Waals surface area (Å²) in [5.74, 6) is -0.335. The number of amides is 1. The van der Waals surface area contributed by atoms with Crippen LogP contribution in [0.2, 0.25) is 5.02 Å². The summed E-state index contributed by atoms with van der Waals surface area (Å²) in [4.78, 5) is 12.1. The van der Waals surface area contributed by atoms with Gasteiger partial charge in [-0.15, -0.1) is 0 Å². The predicted molar refractivity (Wildman–Crippen MR) is 112 cm³/mol. The third kappa shape index (κ3) is 5.90. The molecule has 2 N–H and O–H groups in total. The average Bonchev–Trinajstić information content (AvgIpc) is 3.14. The van der Waals surface area contributed by atoms with E-state index < -0.39 is 10.0 Å². The van der Waals surface area contributed by atoms with E-state index in [1.165, 1.54) is 12.4 Å². The quantitative estimate of drug-likeness (QED) is 0.571. The van der Waals surface area contributed by atoms with Crippen LogP contribution < -0.4 is 10.0 Å². The van der Waals surface area contributed by atoms with Crippen molar-refractivity contribution in [3.05, 3.63) is 77.1 Å². The molecule has 1 aromatic heterocycles. The predicted octanol–water partition coefficient (Wildman–Crippen LogP) is 3.20. The number of halogens is 1. The minimum absolute atomic E-state index is 0.0262. The summed E-state index contributed by atoms with van der Waals surface area (Å²) in [6, 6.07) is 14.9. The first-order valence-corrected chi connectivity index (χ1v) is 10.8. The second-order valence-corrected chi connectivity index (χ2v) is 8.71. The maximum absolute atomic E-state index is 12.4. The van der Waals surface area contributed by atoms with Crippen molar-refractivity contribution in [2.45, 2.75) is 24.8 Å². The fourth-order valence-electron chi connectivity index (χ4n) is 2.66. The minimum atomic E-state index is -3.75. The van der Waals surface area contributed by atoms with Crippen LogP contribution >= 0.6 is 11.6 Å². The van der Waals surface area contributed by atoms with E-state index in [-0.39, 0.29) is 23.8 Å². The van der Waals surface area contributed by atoms with E-state index in [2.05, 4.69) is 15.1 Å². The number of carbonyl (C=O) groups excluding carboxylic acids is 1. The lowest BCUT2D eigenvalue weighted by molar-refractivity contribution is -0.116. The van der Waals surface area contributed by atoms with E-state index in [0.29, 0.717) is 17.3 Å². The number of sulfonamides is 1. The van der Waals surface area contributed by atoms with Gasteiger partial charge in [-0.05, 0) is 30.2 Å². The third-order valence-electron chi connectivity index (χ3n) is 4.15. The summed E-state index contributed by atoms with van der Waals surface area (Å²) in [5.41, 5.74) is 2.49. The first kappa shape index (κ1) is 21.0. The second kappa shape index (κ2) is 9.21. The van der Waals surface area contributed by atoms with Crippen LogP contribution in [-0.2, 0) is 21.4 Å². The fraction of sp³-hybridized carbons (Fsp3) is 0.200. The Labute approximate surface area is 174 Å². The van der Waals surface area contributed by atoms with E-state index in [4.69, 9.17) is 11.6 Å². The number of benzene rings is 2. The molecule has 1 amide bonds. The van der Waals surface area contributed by atoms with Gasteiger partial charge in [0, 0.05) is 19.2 Å². The van der Waals surface area contributed by atoms with Gasteiger partial charge in [0.2, 0.25) is 15.9 Å². The van der Waals surface area contributed by atoms with Gasteiger partial charge in [0.05, 0.1) is 23.5 Å². The first-order chi connectivity index (χ1) is 13.8. The van der Waals surface area contributed by atoms with E-state index in [1.807, 2.05) is 43.3 Å². The molecule has 0 unspecified atom stereocenters. The van der Waals surface area contributed by atoms with Crippen LogP contribution in [0.25, 0.3) is 0 Å². The van der Waals surface area contributed by atoms with Gasteiger partial charge in [-0.2, -0.15) is 5.10 Å². The van der Waals surface area contributed by atoms with E-state index in [9.17, 15) is 13.2 Å². The van der Waals surface area contributed by atoms with Crippen LogP contribution in [0.5, 0.6) is 0 Å². The molecule has 0 atom stereocenters. The highest BCUT2D eigenvalue weighted by Gasteiger charge is 2.17. The van der Waals surface area contributed by atoms with Crippen molar-refractivity contribution >= 4 is 33.2 Å². The lowest BCUT2D eigenvalue weighted by Crippen LogP contribution is -2.27. The van der Waals surface area contributed by atoms with Crippen molar-refractivity contribution in [3.63, 3.8) is 0 Å². The molecule has 0 aliphatic rings. The molecule has 7 nitrogen and oxygen atoms in total. The van der Waals surface area contributed by atoms with Gasteiger partial charge in [0.15, 0.2) is 0 Å². The molecular formula is C20H21ClN4O3S. The first-order valence-electron chi connectivity index (χ1n) is 8.95. The number of hydrogen-bond donors (Lipinski definition) is 2. The van der Waals surface area contributed by atoms with Crippen molar-refractivity contribution in [1.82, 2.24) is 14.5 Å². The molecular weight excluding hydrogens is 412 g/mol. The van der Waals surface area contributed by atoms with E-state index >= 15 is 0 Å². The molecule has 3 aromatic rings. The number of nitrogens with one attached hydrogen (secondary N) is 2. The summed E-state index contributed by atoms with van der Waals surface area (Å²) < 4.78 is 28.8. The molecule has 0 aliphatic heterocycles. The highest BCUT2D eigenvalue weighted by molar-refractivity contribution is 7.89. The van der Waals surface area contributed by atoms with Gasteiger partial charge < -0.3 is 5.32 Å². The van der Waals surface area contributed by atoms with Gasteiger partial charge in [-0.3, -0.25) is 9.48 Å².